The van der Waals surface area contributed by atoms with Crippen LogP contribution in [-0.2, 0) is 0 Å². The van der Waals surface area contributed by atoms with Crippen LogP contribution in [0, 0.1) is 19.8 Å². The monoisotopic (exact) mass is 251 g/mol. The highest BCUT2D eigenvalue weighted by molar-refractivity contribution is 5.95. The molecule has 4 heteroatoms. The van der Waals surface area contributed by atoms with Crippen molar-refractivity contribution in [3.05, 3.63) is 23.2 Å². The average molecular weight is 251 g/mol. The molecule has 0 aromatic carbocycles. The number of aliphatic hydroxyl groups excluding tert-OH is 1. The normalized spacial score (nSPS) is 23.9. The van der Waals surface area contributed by atoms with Crippen molar-refractivity contribution in [2.75, 3.05) is 6.54 Å². The minimum absolute atomic E-state index is 0.0792. The Bertz CT molecular complexity index is 425. The van der Waals surface area contributed by atoms with E-state index in [1.54, 1.807) is 13.0 Å². The van der Waals surface area contributed by atoms with E-state index in [-0.39, 0.29) is 12.0 Å². The fourth-order valence-corrected chi connectivity index (χ4v) is 2.64. The predicted molar refractivity (Wildman–Crippen MR) is 68.5 cm³/mol. The van der Waals surface area contributed by atoms with Crippen molar-refractivity contribution in [3.63, 3.8) is 0 Å². The fraction of sp³-hybridized carbons (Fsp3) is 0.643. The Kier molecular flexibility index (Phi) is 4.07. The van der Waals surface area contributed by atoms with E-state index in [2.05, 4.69) is 5.32 Å². The Morgan fingerprint density at radius 2 is 2.28 bits per heavy atom. The highest BCUT2D eigenvalue weighted by Gasteiger charge is 2.21. The summed E-state index contributed by atoms with van der Waals surface area (Å²) in [5.41, 5.74) is 0.615. The molecule has 1 aliphatic carbocycles. The molecule has 0 bridgehead atoms. The number of aryl methyl sites for hydroxylation is 2. The topological polar surface area (TPSA) is 62.5 Å². The molecule has 0 saturated heterocycles. The number of hydrogen-bond donors (Lipinski definition) is 2. The molecule has 0 spiro atoms. The van der Waals surface area contributed by atoms with Gasteiger partial charge in [0.1, 0.15) is 11.5 Å². The molecule has 1 saturated carbocycles. The molecule has 18 heavy (non-hydrogen) atoms. The number of hydrogen-bond acceptors (Lipinski definition) is 3. The van der Waals surface area contributed by atoms with Gasteiger partial charge in [0.25, 0.3) is 5.91 Å². The van der Waals surface area contributed by atoms with E-state index in [1.807, 2.05) is 6.92 Å². The Balaban J connectivity index is 1.86. The second-order valence-corrected chi connectivity index (χ2v) is 5.22. The summed E-state index contributed by atoms with van der Waals surface area (Å²) in [6.45, 7) is 4.27. The lowest BCUT2D eigenvalue weighted by atomic mass is 9.87. The Hall–Kier alpha value is -1.29. The first-order valence-electron chi connectivity index (χ1n) is 6.59. The van der Waals surface area contributed by atoms with Crippen LogP contribution in [0.5, 0.6) is 0 Å². The number of carbonyl (C=O) groups is 1. The smallest absolute Gasteiger partial charge is 0.254 e. The zero-order valence-corrected chi connectivity index (χ0v) is 11.0. The minimum atomic E-state index is -0.196. The molecule has 1 fully saturated rings. The summed E-state index contributed by atoms with van der Waals surface area (Å²) in [5.74, 6) is 1.73. The van der Waals surface area contributed by atoms with Crippen molar-refractivity contribution in [1.82, 2.24) is 5.32 Å². The summed E-state index contributed by atoms with van der Waals surface area (Å²) in [6, 6.07) is 1.76. The van der Waals surface area contributed by atoms with E-state index in [4.69, 9.17) is 4.42 Å². The molecule has 1 aromatic rings. The first-order valence-corrected chi connectivity index (χ1v) is 6.59. The van der Waals surface area contributed by atoms with Gasteiger partial charge in [-0.3, -0.25) is 4.79 Å². The summed E-state index contributed by atoms with van der Waals surface area (Å²) in [6.07, 6.45) is 3.62. The fourth-order valence-electron chi connectivity index (χ4n) is 2.64. The van der Waals surface area contributed by atoms with Crippen LogP contribution in [0.4, 0.5) is 0 Å². The van der Waals surface area contributed by atoms with E-state index in [9.17, 15) is 9.90 Å². The van der Waals surface area contributed by atoms with Gasteiger partial charge in [0.05, 0.1) is 11.7 Å². The van der Waals surface area contributed by atoms with Crippen LogP contribution in [0.1, 0.15) is 47.6 Å². The maximum Gasteiger partial charge on any atom is 0.254 e. The van der Waals surface area contributed by atoms with Crippen LogP contribution >= 0.6 is 0 Å². The Labute approximate surface area is 107 Å². The van der Waals surface area contributed by atoms with Crippen molar-refractivity contribution < 1.29 is 14.3 Å². The standard InChI is InChI=1S/C14H21NO3/c1-9-6-13(10(2)18-9)14(17)15-8-11-4-3-5-12(16)7-11/h6,11-12,16H,3-5,7-8H2,1-2H3,(H,15,17). The summed E-state index contributed by atoms with van der Waals surface area (Å²) in [5, 5.41) is 12.5. The van der Waals surface area contributed by atoms with Crippen LogP contribution < -0.4 is 5.32 Å². The summed E-state index contributed by atoms with van der Waals surface area (Å²) >= 11 is 0. The van der Waals surface area contributed by atoms with Gasteiger partial charge in [0, 0.05) is 6.54 Å². The molecular weight excluding hydrogens is 230 g/mol. The van der Waals surface area contributed by atoms with Crippen LogP contribution in [-0.4, -0.2) is 23.7 Å². The molecule has 2 unspecified atom stereocenters. The molecule has 0 radical (unpaired) electrons. The summed E-state index contributed by atoms with van der Waals surface area (Å²) in [7, 11) is 0. The highest BCUT2D eigenvalue weighted by Crippen LogP contribution is 2.23. The van der Waals surface area contributed by atoms with Gasteiger partial charge in [-0.2, -0.15) is 0 Å². The molecule has 0 aliphatic heterocycles. The Morgan fingerprint density at radius 1 is 1.50 bits per heavy atom. The Morgan fingerprint density at radius 3 is 2.89 bits per heavy atom. The zero-order valence-electron chi connectivity index (χ0n) is 11.0. The van der Waals surface area contributed by atoms with Gasteiger partial charge in [-0.1, -0.05) is 6.42 Å². The number of amides is 1. The van der Waals surface area contributed by atoms with Gasteiger partial charge in [-0.05, 0) is 45.1 Å². The third-order valence-corrected chi connectivity index (χ3v) is 3.59. The van der Waals surface area contributed by atoms with Gasteiger partial charge >= 0.3 is 0 Å². The van der Waals surface area contributed by atoms with Crippen LogP contribution in [0.2, 0.25) is 0 Å². The summed E-state index contributed by atoms with van der Waals surface area (Å²) in [4.78, 5) is 12.0. The van der Waals surface area contributed by atoms with Crippen molar-refractivity contribution in [1.29, 1.82) is 0 Å². The first kappa shape index (κ1) is 13.1. The number of nitrogens with one attached hydrogen (secondary N) is 1. The molecule has 2 atom stereocenters. The van der Waals surface area contributed by atoms with Crippen LogP contribution in [0.25, 0.3) is 0 Å². The number of furan rings is 1. The number of aliphatic hydroxyl groups is 1. The van der Waals surface area contributed by atoms with Gasteiger partial charge < -0.3 is 14.8 Å². The van der Waals surface area contributed by atoms with Crippen molar-refractivity contribution >= 4 is 5.91 Å². The van der Waals surface area contributed by atoms with Crippen LogP contribution in [0.15, 0.2) is 10.5 Å². The molecule has 1 aromatic heterocycles. The average Bonchev–Trinajstić information content (AvgIpc) is 2.66. The molecule has 1 amide bonds. The molecule has 2 rings (SSSR count). The SMILES string of the molecule is Cc1cc(C(=O)NCC2CCCC(O)C2)c(C)o1. The van der Waals surface area contributed by atoms with Crippen molar-refractivity contribution in [2.45, 2.75) is 45.6 Å². The second-order valence-electron chi connectivity index (χ2n) is 5.22. The maximum atomic E-state index is 12.0. The van der Waals surface area contributed by atoms with Crippen LogP contribution in [0.3, 0.4) is 0 Å². The molecule has 1 heterocycles. The van der Waals surface area contributed by atoms with Crippen molar-refractivity contribution in [2.24, 2.45) is 5.92 Å². The molecule has 2 N–H and O–H groups in total. The third kappa shape index (κ3) is 3.13. The zero-order chi connectivity index (χ0) is 13.1. The lowest BCUT2D eigenvalue weighted by Crippen LogP contribution is -2.33. The molecule has 100 valence electrons. The first-order chi connectivity index (χ1) is 8.56. The van der Waals surface area contributed by atoms with E-state index >= 15 is 0 Å². The molecule has 4 nitrogen and oxygen atoms in total. The van der Waals surface area contributed by atoms with Gasteiger partial charge in [-0.25, -0.2) is 0 Å². The van der Waals surface area contributed by atoms with E-state index in [1.165, 1.54) is 0 Å². The number of carbonyl (C=O) groups excluding carboxylic acids is 1. The number of rotatable bonds is 3. The van der Waals surface area contributed by atoms with E-state index in [0.29, 0.717) is 23.8 Å². The predicted octanol–water partition coefficient (Wildman–Crippen LogP) is 2.18. The van der Waals surface area contributed by atoms with E-state index < -0.39 is 0 Å². The summed E-state index contributed by atoms with van der Waals surface area (Å²) < 4.78 is 5.34. The van der Waals surface area contributed by atoms with Gasteiger partial charge in [-0.15, -0.1) is 0 Å². The second kappa shape index (κ2) is 5.57. The lowest BCUT2D eigenvalue weighted by molar-refractivity contribution is 0.0872. The quantitative estimate of drug-likeness (QED) is 0.865. The largest absolute Gasteiger partial charge is 0.466 e. The third-order valence-electron chi connectivity index (χ3n) is 3.59. The maximum absolute atomic E-state index is 12.0. The lowest BCUT2D eigenvalue weighted by Gasteiger charge is -2.25. The van der Waals surface area contributed by atoms with Gasteiger partial charge in [0.15, 0.2) is 0 Å². The highest BCUT2D eigenvalue weighted by atomic mass is 16.3. The minimum Gasteiger partial charge on any atom is -0.466 e. The molecule has 1 aliphatic rings. The van der Waals surface area contributed by atoms with Gasteiger partial charge in [0.2, 0.25) is 0 Å². The van der Waals surface area contributed by atoms with E-state index in [0.717, 1.165) is 31.4 Å². The van der Waals surface area contributed by atoms with Crippen molar-refractivity contribution in [3.8, 4) is 0 Å². The molecular formula is C14H21NO3.